The first-order valence-electron chi connectivity index (χ1n) is 6.63. The minimum atomic E-state index is -3.80. The summed E-state index contributed by atoms with van der Waals surface area (Å²) in [6.07, 6.45) is 1.11. The molecule has 8 nitrogen and oxygen atoms in total. The number of benzene rings is 1. The molecule has 2 rings (SSSR count). The molecule has 0 spiro atoms. The Morgan fingerprint density at radius 3 is 2.50 bits per heavy atom. The lowest BCUT2D eigenvalue weighted by atomic mass is 10.3. The van der Waals surface area contributed by atoms with Gasteiger partial charge in [-0.2, -0.15) is 5.26 Å². The zero-order valence-corrected chi connectivity index (χ0v) is 13.4. The maximum Gasteiger partial charge on any atom is 0.276 e. The smallest absolute Gasteiger partial charge is 0.276 e. The molecule has 1 aromatic heterocycles. The van der Waals surface area contributed by atoms with Crippen molar-refractivity contribution in [3.8, 4) is 11.8 Å². The van der Waals surface area contributed by atoms with Crippen molar-refractivity contribution in [2.24, 2.45) is 0 Å². The highest BCUT2D eigenvalue weighted by atomic mass is 32.2. The van der Waals surface area contributed by atoms with Gasteiger partial charge in [-0.15, -0.1) is 0 Å². The highest BCUT2D eigenvalue weighted by Gasteiger charge is 2.19. The van der Waals surface area contributed by atoms with E-state index in [9.17, 15) is 13.2 Å². The first-order chi connectivity index (χ1) is 11.5. The second-order valence-electron chi connectivity index (χ2n) is 4.44. The molecule has 9 heteroatoms. The van der Waals surface area contributed by atoms with Gasteiger partial charge in [-0.05, 0) is 36.4 Å². The summed E-state index contributed by atoms with van der Waals surface area (Å²) in [4.78, 5) is 20.1. The van der Waals surface area contributed by atoms with Crippen LogP contribution in [0.15, 0.2) is 52.5 Å². The molecule has 1 N–H and O–H groups in total. The summed E-state index contributed by atoms with van der Waals surface area (Å²) in [5, 5.41) is 8.11. The molecule has 0 aliphatic carbocycles. The monoisotopic (exact) mass is 347 g/mol. The molecule has 1 heterocycles. The number of carbonyl (C=O) groups excluding carboxylic acids is 1. The third-order valence-corrected chi connectivity index (χ3v) is 4.63. The van der Waals surface area contributed by atoms with Crippen molar-refractivity contribution in [3.05, 3.63) is 48.2 Å². The van der Waals surface area contributed by atoms with E-state index in [0.29, 0.717) is 5.75 Å². The van der Waals surface area contributed by atoms with Gasteiger partial charge in [-0.3, -0.25) is 9.63 Å². The highest BCUT2D eigenvalue weighted by molar-refractivity contribution is 7.91. The largest absolute Gasteiger partial charge is 0.497 e. The first kappa shape index (κ1) is 17.4. The molecule has 0 radical (unpaired) electrons. The van der Waals surface area contributed by atoms with Gasteiger partial charge in [0.25, 0.3) is 5.91 Å². The predicted octanol–water partition coefficient (Wildman–Crippen LogP) is 1.11. The fourth-order valence-corrected chi connectivity index (χ4v) is 2.92. The number of hydrogen-bond acceptors (Lipinski definition) is 7. The number of nitrogens with zero attached hydrogens (tertiary/aromatic N) is 2. The Balaban J connectivity index is 2.19. The lowest BCUT2D eigenvalue weighted by Gasteiger charge is -2.06. The lowest BCUT2D eigenvalue weighted by molar-refractivity contribution is 0.0434. The SMILES string of the molecule is COc1ccc(S(=O)(=O)c2ccc(C(=O)NOCC#N)cn2)cc1. The van der Waals surface area contributed by atoms with Gasteiger partial charge in [0.15, 0.2) is 11.6 Å². The number of hydroxylamine groups is 1. The molecule has 0 aliphatic heterocycles. The standard InChI is InChI=1S/C15H13N3O5S/c1-22-12-3-5-13(6-4-12)24(20,21)14-7-2-11(10-17-14)15(19)18-23-9-8-16/h2-7,10H,9H2,1H3,(H,18,19). The maximum atomic E-state index is 12.5. The predicted molar refractivity (Wildman–Crippen MR) is 81.7 cm³/mol. The van der Waals surface area contributed by atoms with Gasteiger partial charge in [0.2, 0.25) is 9.84 Å². The normalized spacial score (nSPS) is 10.7. The average Bonchev–Trinajstić information content (AvgIpc) is 2.62. The topological polar surface area (TPSA) is 118 Å². The number of ether oxygens (including phenoxy) is 1. The Labute approximate surface area is 138 Å². The van der Waals surface area contributed by atoms with Gasteiger partial charge in [0.05, 0.1) is 23.6 Å². The molecule has 0 atom stereocenters. The van der Waals surface area contributed by atoms with Crippen LogP contribution in [-0.2, 0) is 14.7 Å². The van der Waals surface area contributed by atoms with E-state index in [1.165, 1.54) is 43.5 Å². The van der Waals surface area contributed by atoms with E-state index < -0.39 is 15.7 Å². The number of carbonyl (C=O) groups is 1. The van der Waals surface area contributed by atoms with E-state index in [1.54, 1.807) is 6.07 Å². The molecule has 1 amide bonds. The van der Waals surface area contributed by atoms with Crippen LogP contribution in [0.1, 0.15) is 10.4 Å². The van der Waals surface area contributed by atoms with E-state index in [-0.39, 0.29) is 22.1 Å². The van der Waals surface area contributed by atoms with Crippen LogP contribution >= 0.6 is 0 Å². The molecule has 2 aromatic rings. The number of nitriles is 1. The van der Waals surface area contributed by atoms with Crippen LogP contribution < -0.4 is 10.2 Å². The summed E-state index contributed by atoms with van der Waals surface area (Å²) in [7, 11) is -2.32. The lowest BCUT2D eigenvalue weighted by Crippen LogP contribution is -2.24. The van der Waals surface area contributed by atoms with Crippen molar-refractivity contribution in [2.45, 2.75) is 9.92 Å². The van der Waals surface area contributed by atoms with Crippen LogP contribution in [0, 0.1) is 11.3 Å². The number of sulfone groups is 1. The minimum absolute atomic E-state index is 0.0605. The van der Waals surface area contributed by atoms with Gasteiger partial charge >= 0.3 is 0 Å². The molecule has 0 fully saturated rings. The summed E-state index contributed by atoms with van der Waals surface area (Å²) < 4.78 is 29.9. The van der Waals surface area contributed by atoms with Gasteiger partial charge in [-0.25, -0.2) is 18.9 Å². The molecule has 0 unspecified atom stereocenters. The zero-order valence-electron chi connectivity index (χ0n) is 12.6. The summed E-state index contributed by atoms with van der Waals surface area (Å²) in [6, 6.07) is 10.1. The van der Waals surface area contributed by atoms with Crippen LogP contribution in [0.5, 0.6) is 5.75 Å². The van der Waals surface area contributed by atoms with Gasteiger partial charge in [0.1, 0.15) is 5.75 Å². The zero-order chi connectivity index (χ0) is 17.6. The van der Waals surface area contributed by atoms with Crippen molar-refractivity contribution in [1.82, 2.24) is 10.5 Å². The Morgan fingerprint density at radius 1 is 1.25 bits per heavy atom. The molecule has 0 saturated heterocycles. The Kier molecular flexibility index (Phi) is 5.47. The number of hydrogen-bond donors (Lipinski definition) is 1. The van der Waals surface area contributed by atoms with Crippen LogP contribution in [0.2, 0.25) is 0 Å². The summed E-state index contributed by atoms with van der Waals surface area (Å²) in [5.41, 5.74) is 2.14. The van der Waals surface area contributed by atoms with Gasteiger partial charge in [-0.1, -0.05) is 0 Å². The van der Waals surface area contributed by atoms with E-state index in [2.05, 4.69) is 9.82 Å². The maximum absolute atomic E-state index is 12.5. The second-order valence-corrected chi connectivity index (χ2v) is 6.34. The quantitative estimate of drug-likeness (QED) is 0.614. The van der Waals surface area contributed by atoms with E-state index in [1.807, 2.05) is 5.48 Å². The van der Waals surface area contributed by atoms with Crippen LogP contribution in [0.25, 0.3) is 0 Å². The average molecular weight is 347 g/mol. The third-order valence-electron chi connectivity index (χ3n) is 2.95. The second kappa shape index (κ2) is 7.54. The van der Waals surface area contributed by atoms with Crippen molar-refractivity contribution >= 4 is 15.7 Å². The summed E-state index contributed by atoms with van der Waals surface area (Å²) >= 11 is 0. The van der Waals surface area contributed by atoms with Gasteiger partial charge in [0, 0.05) is 6.20 Å². The van der Waals surface area contributed by atoms with Crippen molar-refractivity contribution < 1.29 is 22.8 Å². The van der Waals surface area contributed by atoms with Crippen molar-refractivity contribution in [3.63, 3.8) is 0 Å². The summed E-state index contributed by atoms with van der Waals surface area (Å²) in [6.45, 7) is -0.302. The molecule has 1 aromatic carbocycles. The van der Waals surface area contributed by atoms with Crippen molar-refractivity contribution in [2.75, 3.05) is 13.7 Å². The number of rotatable bonds is 6. The van der Waals surface area contributed by atoms with E-state index in [4.69, 9.17) is 10.00 Å². The molecule has 24 heavy (non-hydrogen) atoms. The molecular formula is C15H13N3O5S. The Bertz CT molecular complexity index is 855. The minimum Gasteiger partial charge on any atom is -0.497 e. The Hall–Kier alpha value is -2.96. The number of amides is 1. The number of pyridine rings is 1. The van der Waals surface area contributed by atoms with Crippen LogP contribution in [0.4, 0.5) is 0 Å². The highest BCUT2D eigenvalue weighted by Crippen LogP contribution is 2.21. The third kappa shape index (κ3) is 3.87. The number of nitrogens with one attached hydrogen (secondary N) is 1. The number of aromatic nitrogens is 1. The first-order valence-corrected chi connectivity index (χ1v) is 8.11. The van der Waals surface area contributed by atoms with Gasteiger partial charge < -0.3 is 4.74 Å². The van der Waals surface area contributed by atoms with E-state index >= 15 is 0 Å². The fourth-order valence-electron chi connectivity index (χ4n) is 1.74. The molecule has 0 aliphatic rings. The molecule has 124 valence electrons. The molecule has 0 saturated carbocycles. The van der Waals surface area contributed by atoms with Crippen molar-refractivity contribution in [1.29, 1.82) is 5.26 Å². The van der Waals surface area contributed by atoms with Crippen LogP contribution in [-0.4, -0.2) is 33.0 Å². The van der Waals surface area contributed by atoms with E-state index in [0.717, 1.165) is 6.20 Å². The van der Waals surface area contributed by atoms with Crippen LogP contribution in [0.3, 0.4) is 0 Å². The molecule has 0 bridgehead atoms. The fraction of sp³-hybridized carbons (Fsp3) is 0.133. The molecular weight excluding hydrogens is 334 g/mol. The summed E-state index contributed by atoms with van der Waals surface area (Å²) in [5.74, 6) is -0.0996. The number of methoxy groups -OCH3 is 1. The Morgan fingerprint density at radius 2 is 1.96 bits per heavy atom.